The van der Waals surface area contributed by atoms with E-state index in [-0.39, 0.29) is 22.6 Å². The fraction of sp³-hybridized carbons (Fsp3) is 0.0833. The third kappa shape index (κ3) is 3.72. The number of amides is 1. The molecule has 0 unspecified atom stereocenters. The first kappa shape index (κ1) is 14.4. The van der Waals surface area contributed by atoms with Gasteiger partial charge in [-0.25, -0.2) is 9.97 Å². The summed E-state index contributed by atoms with van der Waals surface area (Å²) in [6, 6.07) is 6.67. The normalized spacial score (nSPS) is 10.1. The molecule has 0 aliphatic heterocycles. The highest BCUT2D eigenvalue weighted by Gasteiger charge is 2.12. The van der Waals surface area contributed by atoms with Crippen molar-refractivity contribution in [2.24, 2.45) is 0 Å². The fourth-order valence-corrected chi connectivity index (χ4v) is 1.75. The maximum Gasteiger partial charge on any atom is 0.262 e. The molecule has 0 spiro atoms. The van der Waals surface area contributed by atoms with Gasteiger partial charge in [-0.3, -0.25) is 4.79 Å². The van der Waals surface area contributed by atoms with Gasteiger partial charge in [0.05, 0.1) is 0 Å². The van der Waals surface area contributed by atoms with Gasteiger partial charge in [-0.05, 0) is 24.3 Å². The molecule has 0 saturated carbocycles. The van der Waals surface area contributed by atoms with Crippen molar-refractivity contribution in [2.45, 2.75) is 0 Å². The number of anilines is 2. The van der Waals surface area contributed by atoms with Gasteiger partial charge in [0.1, 0.15) is 17.8 Å². The van der Waals surface area contributed by atoms with Gasteiger partial charge in [0.15, 0.2) is 16.9 Å². The molecule has 0 atom stereocenters. The van der Waals surface area contributed by atoms with Gasteiger partial charge >= 0.3 is 0 Å². The Kier molecular flexibility index (Phi) is 4.60. The molecule has 0 radical (unpaired) electrons. The Morgan fingerprint density at radius 1 is 1.20 bits per heavy atom. The van der Waals surface area contributed by atoms with Crippen molar-refractivity contribution in [1.29, 1.82) is 0 Å². The van der Waals surface area contributed by atoms with Crippen LogP contribution in [0.25, 0.3) is 0 Å². The van der Waals surface area contributed by atoms with Crippen LogP contribution in [0.2, 0.25) is 10.3 Å². The van der Waals surface area contributed by atoms with E-state index >= 15 is 0 Å². The largest absolute Gasteiger partial charge is 0.484 e. The quantitative estimate of drug-likeness (QED) is 0.668. The minimum atomic E-state index is -0.430. The molecule has 1 amide bonds. The first-order valence-electron chi connectivity index (χ1n) is 5.50. The van der Waals surface area contributed by atoms with E-state index in [1.165, 1.54) is 6.33 Å². The average molecular weight is 313 g/mol. The van der Waals surface area contributed by atoms with E-state index in [2.05, 4.69) is 15.3 Å². The van der Waals surface area contributed by atoms with Crippen molar-refractivity contribution in [3.63, 3.8) is 0 Å². The van der Waals surface area contributed by atoms with E-state index in [0.29, 0.717) is 11.4 Å². The number of benzene rings is 1. The Morgan fingerprint density at radius 2 is 1.80 bits per heavy atom. The van der Waals surface area contributed by atoms with Crippen LogP contribution < -0.4 is 15.8 Å². The maximum absolute atomic E-state index is 11.7. The van der Waals surface area contributed by atoms with Crippen LogP contribution in [0.1, 0.15) is 0 Å². The van der Waals surface area contributed by atoms with E-state index in [4.69, 9.17) is 33.7 Å². The molecule has 1 aromatic carbocycles. The summed E-state index contributed by atoms with van der Waals surface area (Å²) in [5.74, 6) is 0.0938. The van der Waals surface area contributed by atoms with E-state index in [1.807, 2.05) is 0 Å². The molecule has 0 bridgehead atoms. The van der Waals surface area contributed by atoms with Gasteiger partial charge in [0, 0.05) is 5.69 Å². The number of rotatable bonds is 4. The Morgan fingerprint density at radius 3 is 2.40 bits per heavy atom. The van der Waals surface area contributed by atoms with Crippen molar-refractivity contribution in [3.8, 4) is 5.75 Å². The third-order valence-electron chi connectivity index (χ3n) is 2.27. The summed E-state index contributed by atoms with van der Waals surface area (Å²) < 4.78 is 5.28. The highest BCUT2D eigenvalue weighted by Crippen LogP contribution is 2.25. The number of hydrogen-bond donors (Lipinski definition) is 2. The fourth-order valence-electron chi connectivity index (χ4n) is 1.34. The summed E-state index contributed by atoms with van der Waals surface area (Å²) in [5, 5.41) is 2.60. The van der Waals surface area contributed by atoms with Crippen LogP contribution in [0.4, 0.5) is 11.4 Å². The van der Waals surface area contributed by atoms with Crippen molar-refractivity contribution >= 4 is 40.5 Å². The summed E-state index contributed by atoms with van der Waals surface area (Å²) in [5.41, 5.74) is 6.31. The molecule has 1 aromatic heterocycles. The van der Waals surface area contributed by atoms with E-state index in [0.717, 1.165) is 0 Å². The molecule has 20 heavy (non-hydrogen) atoms. The predicted octanol–water partition coefficient (Wildman–Crippen LogP) is 2.38. The Bertz CT molecular complexity index is 599. The summed E-state index contributed by atoms with van der Waals surface area (Å²) >= 11 is 11.6. The minimum Gasteiger partial charge on any atom is -0.484 e. The molecule has 0 fully saturated rings. The number of nitrogens with two attached hydrogens (primary N) is 1. The maximum atomic E-state index is 11.7. The zero-order valence-corrected chi connectivity index (χ0v) is 11.6. The molecule has 0 aliphatic rings. The highest BCUT2D eigenvalue weighted by atomic mass is 35.5. The SMILES string of the molecule is Nc1ccc(OCC(=O)Nc2c(Cl)ncnc2Cl)cc1. The van der Waals surface area contributed by atoms with E-state index < -0.39 is 5.91 Å². The molecule has 3 N–H and O–H groups in total. The number of carbonyl (C=O) groups excluding carboxylic acids is 1. The average Bonchev–Trinajstić information content (AvgIpc) is 2.42. The first-order chi connectivity index (χ1) is 9.56. The molecule has 8 heteroatoms. The van der Waals surface area contributed by atoms with Crippen molar-refractivity contribution in [2.75, 3.05) is 17.7 Å². The highest BCUT2D eigenvalue weighted by molar-refractivity contribution is 6.38. The number of nitrogen functional groups attached to an aromatic ring is 1. The molecule has 6 nitrogen and oxygen atoms in total. The smallest absolute Gasteiger partial charge is 0.262 e. The van der Waals surface area contributed by atoms with Crippen molar-refractivity contribution in [3.05, 3.63) is 40.9 Å². The van der Waals surface area contributed by atoms with Crippen LogP contribution in [0, 0.1) is 0 Å². The van der Waals surface area contributed by atoms with Gasteiger partial charge in [-0.1, -0.05) is 23.2 Å². The van der Waals surface area contributed by atoms with Crippen LogP contribution in [0.5, 0.6) is 5.75 Å². The molecule has 2 aromatic rings. The van der Waals surface area contributed by atoms with E-state index in [9.17, 15) is 4.79 Å². The predicted molar refractivity (Wildman–Crippen MR) is 77.0 cm³/mol. The third-order valence-corrected chi connectivity index (χ3v) is 2.84. The second-order valence-corrected chi connectivity index (χ2v) is 4.45. The first-order valence-corrected chi connectivity index (χ1v) is 6.26. The molecule has 1 heterocycles. The molecular formula is C12H10Cl2N4O2. The Balaban J connectivity index is 1.94. The lowest BCUT2D eigenvalue weighted by atomic mass is 10.3. The second-order valence-electron chi connectivity index (χ2n) is 3.74. The second kappa shape index (κ2) is 6.40. The number of carbonyl (C=O) groups is 1. The lowest BCUT2D eigenvalue weighted by molar-refractivity contribution is -0.118. The van der Waals surface area contributed by atoms with Gasteiger partial charge in [0.2, 0.25) is 0 Å². The zero-order valence-electron chi connectivity index (χ0n) is 10.1. The molecule has 0 saturated heterocycles. The topological polar surface area (TPSA) is 90.1 Å². The van der Waals surface area contributed by atoms with Crippen LogP contribution in [0.15, 0.2) is 30.6 Å². The lowest BCUT2D eigenvalue weighted by Crippen LogP contribution is -2.21. The number of nitrogens with one attached hydrogen (secondary N) is 1. The summed E-state index contributed by atoms with van der Waals surface area (Å²) in [4.78, 5) is 19.2. The van der Waals surface area contributed by atoms with Gasteiger partial charge in [0.25, 0.3) is 5.91 Å². The number of nitrogens with zero attached hydrogens (tertiary/aromatic N) is 2. The van der Waals surface area contributed by atoms with E-state index in [1.54, 1.807) is 24.3 Å². The minimum absolute atomic E-state index is 0.0610. The van der Waals surface area contributed by atoms with Crippen molar-refractivity contribution in [1.82, 2.24) is 9.97 Å². The molecule has 2 rings (SSSR count). The standard InChI is InChI=1S/C12H10Cl2N4O2/c13-11-10(12(14)17-6-16-11)18-9(19)5-20-8-3-1-7(15)2-4-8/h1-4,6H,5,15H2,(H,18,19). The number of ether oxygens (including phenoxy) is 1. The zero-order chi connectivity index (χ0) is 14.5. The number of aromatic nitrogens is 2. The summed E-state index contributed by atoms with van der Waals surface area (Å²) in [7, 11) is 0. The van der Waals surface area contributed by atoms with Gasteiger partial charge in [-0.15, -0.1) is 0 Å². The molecule has 0 aliphatic carbocycles. The van der Waals surface area contributed by atoms with Crippen LogP contribution in [0.3, 0.4) is 0 Å². The van der Waals surface area contributed by atoms with Crippen LogP contribution in [-0.4, -0.2) is 22.5 Å². The Labute approximate surface area is 124 Å². The van der Waals surface area contributed by atoms with Gasteiger partial charge in [-0.2, -0.15) is 0 Å². The number of halogens is 2. The summed E-state index contributed by atoms with van der Waals surface area (Å²) in [6.45, 7) is -0.203. The summed E-state index contributed by atoms with van der Waals surface area (Å²) in [6.07, 6.45) is 1.20. The monoisotopic (exact) mass is 312 g/mol. The number of hydrogen-bond acceptors (Lipinski definition) is 5. The molecular weight excluding hydrogens is 303 g/mol. The van der Waals surface area contributed by atoms with Crippen LogP contribution >= 0.6 is 23.2 Å². The molecule has 104 valence electrons. The van der Waals surface area contributed by atoms with Crippen LogP contribution in [-0.2, 0) is 4.79 Å². The Hall–Kier alpha value is -2.05. The van der Waals surface area contributed by atoms with Crippen molar-refractivity contribution < 1.29 is 9.53 Å². The van der Waals surface area contributed by atoms with Gasteiger partial charge < -0.3 is 15.8 Å². The lowest BCUT2D eigenvalue weighted by Gasteiger charge is -2.09.